The van der Waals surface area contributed by atoms with E-state index in [1.54, 1.807) is 7.11 Å². The van der Waals surface area contributed by atoms with Crippen molar-refractivity contribution in [2.75, 3.05) is 18.6 Å². The van der Waals surface area contributed by atoms with Gasteiger partial charge in [0.05, 0.1) is 18.4 Å². The summed E-state index contributed by atoms with van der Waals surface area (Å²) in [7, 11) is 1.66. The number of anilines is 1. The lowest BCUT2D eigenvalue weighted by Gasteiger charge is -2.43. The maximum Gasteiger partial charge on any atom is 0.121 e. The van der Waals surface area contributed by atoms with E-state index in [1.165, 1.54) is 6.42 Å². The number of nitriles is 1. The number of hydrogen-bond acceptors (Lipinski definition) is 3. The van der Waals surface area contributed by atoms with Crippen molar-refractivity contribution >= 4 is 5.69 Å². The Morgan fingerprint density at radius 3 is 2.68 bits per heavy atom. The highest BCUT2D eigenvalue weighted by molar-refractivity contribution is 5.63. The van der Waals surface area contributed by atoms with Crippen LogP contribution in [0.5, 0.6) is 5.75 Å². The molecule has 3 unspecified atom stereocenters. The summed E-state index contributed by atoms with van der Waals surface area (Å²) < 4.78 is 5.30. The van der Waals surface area contributed by atoms with Crippen LogP contribution in [0.1, 0.15) is 32.8 Å². The summed E-state index contributed by atoms with van der Waals surface area (Å²) in [6.07, 6.45) is 1.25. The van der Waals surface area contributed by atoms with Gasteiger partial charge < -0.3 is 9.64 Å². The first-order chi connectivity index (χ1) is 9.06. The van der Waals surface area contributed by atoms with Gasteiger partial charge in [-0.25, -0.2) is 0 Å². The van der Waals surface area contributed by atoms with Crippen LogP contribution in [0, 0.1) is 23.2 Å². The molecule has 0 saturated carbocycles. The third-order valence-corrected chi connectivity index (χ3v) is 4.23. The Kier molecular flexibility index (Phi) is 3.99. The number of piperidine rings is 1. The minimum atomic E-state index is 0.454. The van der Waals surface area contributed by atoms with Crippen molar-refractivity contribution in [1.29, 1.82) is 5.26 Å². The highest BCUT2D eigenvalue weighted by atomic mass is 16.5. The molecule has 3 heteroatoms. The van der Waals surface area contributed by atoms with E-state index >= 15 is 0 Å². The van der Waals surface area contributed by atoms with Crippen molar-refractivity contribution in [3.05, 3.63) is 23.8 Å². The first-order valence-corrected chi connectivity index (χ1v) is 6.91. The topological polar surface area (TPSA) is 36.3 Å². The first-order valence-electron chi connectivity index (χ1n) is 6.91. The van der Waals surface area contributed by atoms with Crippen LogP contribution in [0.3, 0.4) is 0 Å². The quantitative estimate of drug-likeness (QED) is 0.815. The molecule has 1 fully saturated rings. The second kappa shape index (κ2) is 5.52. The molecule has 0 amide bonds. The Morgan fingerprint density at radius 1 is 1.32 bits per heavy atom. The Bertz CT molecular complexity index is 492. The van der Waals surface area contributed by atoms with Crippen LogP contribution in [-0.4, -0.2) is 19.7 Å². The molecule has 3 nitrogen and oxygen atoms in total. The van der Waals surface area contributed by atoms with Gasteiger partial charge in [-0.2, -0.15) is 5.26 Å². The number of rotatable bonds is 2. The SMILES string of the molecule is COc1ccc(C#N)c(N2CC(C)CC(C)C2C)c1. The smallest absolute Gasteiger partial charge is 0.121 e. The summed E-state index contributed by atoms with van der Waals surface area (Å²) in [5, 5.41) is 9.31. The van der Waals surface area contributed by atoms with Gasteiger partial charge in [0, 0.05) is 18.7 Å². The summed E-state index contributed by atoms with van der Waals surface area (Å²) in [5.41, 5.74) is 1.74. The molecule has 0 bridgehead atoms. The van der Waals surface area contributed by atoms with E-state index < -0.39 is 0 Å². The van der Waals surface area contributed by atoms with Crippen LogP contribution >= 0.6 is 0 Å². The van der Waals surface area contributed by atoms with E-state index in [2.05, 4.69) is 31.7 Å². The normalized spacial score (nSPS) is 26.9. The van der Waals surface area contributed by atoms with Crippen molar-refractivity contribution in [3.63, 3.8) is 0 Å². The molecule has 0 radical (unpaired) electrons. The molecule has 2 rings (SSSR count). The van der Waals surface area contributed by atoms with Crippen LogP contribution in [-0.2, 0) is 0 Å². The maximum atomic E-state index is 9.31. The molecular formula is C16H22N2O. The van der Waals surface area contributed by atoms with E-state index in [9.17, 15) is 5.26 Å². The molecule has 1 aliphatic rings. The zero-order valence-electron chi connectivity index (χ0n) is 12.2. The minimum Gasteiger partial charge on any atom is -0.497 e. The highest BCUT2D eigenvalue weighted by Gasteiger charge is 2.30. The largest absolute Gasteiger partial charge is 0.497 e. The maximum absolute atomic E-state index is 9.31. The number of benzene rings is 1. The van der Waals surface area contributed by atoms with Crippen molar-refractivity contribution in [3.8, 4) is 11.8 Å². The predicted octanol–water partition coefficient (Wildman–Crippen LogP) is 3.44. The molecule has 3 atom stereocenters. The fraction of sp³-hybridized carbons (Fsp3) is 0.562. The van der Waals surface area contributed by atoms with Gasteiger partial charge in [-0.3, -0.25) is 0 Å². The lowest BCUT2D eigenvalue weighted by molar-refractivity contribution is 0.296. The highest BCUT2D eigenvalue weighted by Crippen LogP contribution is 2.34. The van der Waals surface area contributed by atoms with E-state index in [4.69, 9.17) is 4.74 Å². The number of nitrogens with zero attached hydrogens (tertiary/aromatic N) is 2. The third-order valence-electron chi connectivity index (χ3n) is 4.23. The van der Waals surface area contributed by atoms with Crippen molar-refractivity contribution < 1.29 is 4.74 Å². The lowest BCUT2D eigenvalue weighted by atomic mass is 9.85. The fourth-order valence-electron chi connectivity index (χ4n) is 3.00. The molecule has 0 spiro atoms. The number of ether oxygens (including phenoxy) is 1. The van der Waals surface area contributed by atoms with Gasteiger partial charge in [-0.05, 0) is 37.3 Å². The minimum absolute atomic E-state index is 0.454. The monoisotopic (exact) mass is 258 g/mol. The van der Waals surface area contributed by atoms with Gasteiger partial charge in [0.2, 0.25) is 0 Å². The van der Waals surface area contributed by atoms with E-state index in [1.807, 2.05) is 18.2 Å². The first kappa shape index (κ1) is 13.7. The van der Waals surface area contributed by atoms with Crippen molar-refractivity contribution in [2.45, 2.75) is 33.2 Å². The number of methoxy groups -OCH3 is 1. The molecule has 0 aliphatic carbocycles. The molecule has 1 saturated heterocycles. The Morgan fingerprint density at radius 2 is 2.05 bits per heavy atom. The summed E-state index contributed by atoms with van der Waals surface area (Å²) in [5.74, 6) is 2.11. The van der Waals surface area contributed by atoms with Crippen molar-refractivity contribution in [2.24, 2.45) is 11.8 Å². The van der Waals surface area contributed by atoms with E-state index in [0.29, 0.717) is 17.9 Å². The summed E-state index contributed by atoms with van der Waals surface area (Å²) in [6.45, 7) is 7.83. The fourth-order valence-corrected chi connectivity index (χ4v) is 3.00. The van der Waals surface area contributed by atoms with Crippen LogP contribution in [0.25, 0.3) is 0 Å². The molecule has 102 valence electrons. The van der Waals surface area contributed by atoms with Crippen molar-refractivity contribution in [1.82, 2.24) is 0 Å². The Hall–Kier alpha value is -1.69. The second-order valence-electron chi connectivity index (χ2n) is 5.71. The molecule has 1 aliphatic heterocycles. The molecular weight excluding hydrogens is 236 g/mol. The Balaban J connectivity index is 2.41. The van der Waals surface area contributed by atoms with Gasteiger partial charge >= 0.3 is 0 Å². The second-order valence-corrected chi connectivity index (χ2v) is 5.71. The molecule has 0 N–H and O–H groups in total. The van der Waals surface area contributed by atoms with Crippen LogP contribution in [0.4, 0.5) is 5.69 Å². The standard InChI is InChI=1S/C16H22N2O/c1-11-7-12(2)13(3)18(10-11)16-8-15(19-4)6-5-14(16)9-17/h5-6,8,11-13H,7,10H2,1-4H3. The zero-order chi connectivity index (χ0) is 14.0. The van der Waals surface area contributed by atoms with E-state index in [0.717, 1.165) is 23.5 Å². The summed E-state index contributed by atoms with van der Waals surface area (Å²) in [6, 6.07) is 8.44. The van der Waals surface area contributed by atoms with Crippen LogP contribution in [0.15, 0.2) is 18.2 Å². The van der Waals surface area contributed by atoms with Crippen LogP contribution < -0.4 is 9.64 Å². The predicted molar refractivity (Wildman–Crippen MR) is 77.5 cm³/mol. The zero-order valence-corrected chi connectivity index (χ0v) is 12.2. The van der Waals surface area contributed by atoms with Gasteiger partial charge in [0.25, 0.3) is 0 Å². The molecule has 19 heavy (non-hydrogen) atoms. The van der Waals surface area contributed by atoms with E-state index in [-0.39, 0.29) is 0 Å². The molecule has 0 aromatic heterocycles. The third kappa shape index (κ3) is 2.68. The number of hydrogen-bond donors (Lipinski definition) is 0. The lowest BCUT2D eigenvalue weighted by Crippen LogP contribution is -2.46. The molecule has 1 heterocycles. The molecule has 1 aromatic rings. The van der Waals surface area contributed by atoms with Gasteiger partial charge in [0.15, 0.2) is 0 Å². The van der Waals surface area contributed by atoms with Gasteiger partial charge in [-0.1, -0.05) is 13.8 Å². The average molecular weight is 258 g/mol. The summed E-state index contributed by atoms with van der Waals surface area (Å²) in [4.78, 5) is 2.36. The van der Waals surface area contributed by atoms with Gasteiger partial charge in [-0.15, -0.1) is 0 Å². The molecule has 1 aromatic carbocycles. The van der Waals surface area contributed by atoms with Crippen LogP contribution in [0.2, 0.25) is 0 Å². The Labute approximate surface area is 115 Å². The van der Waals surface area contributed by atoms with Gasteiger partial charge in [0.1, 0.15) is 11.8 Å². The average Bonchev–Trinajstić information content (AvgIpc) is 2.42. The summed E-state index contributed by atoms with van der Waals surface area (Å²) >= 11 is 0.